The van der Waals surface area contributed by atoms with Gasteiger partial charge in [-0.1, -0.05) is 0 Å². The molecule has 0 aliphatic carbocycles. The third-order valence-electron chi connectivity index (χ3n) is 0.516. The van der Waals surface area contributed by atoms with Gasteiger partial charge in [0.25, 0.3) is 0 Å². The summed E-state index contributed by atoms with van der Waals surface area (Å²) in [4.78, 5) is 0. The van der Waals surface area contributed by atoms with Gasteiger partial charge in [0.15, 0.2) is 0 Å². The van der Waals surface area contributed by atoms with Gasteiger partial charge >= 0.3 is 32.9 Å². The van der Waals surface area contributed by atoms with Crippen LogP contribution in [0.3, 0.4) is 0 Å². The van der Waals surface area contributed by atoms with Crippen LogP contribution in [0.25, 0.3) is 0 Å². The summed E-state index contributed by atoms with van der Waals surface area (Å²) < 4.78 is 29.5. The summed E-state index contributed by atoms with van der Waals surface area (Å²) in [6.07, 6.45) is 0. The van der Waals surface area contributed by atoms with Gasteiger partial charge in [0, 0.05) is 26.2 Å². The molecule has 0 radical (unpaired) electrons. The molecule has 0 fully saturated rings. The molecule has 0 aromatic carbocycles. The van der Waals surface area contributed by atoms with Crippen molar-refractivity contribution in [3.8, 4) is 0 Å². The maximum atomic E-state index is 7.75. The van der Waals surface area contributed by atoms with E-state index in [1.165, 1.54) is 0 Å². The number of rotatable bonds is 4. The number of aliphatic hydroxyl groups excluding tert-OH is 4. The molecule has 0 aliphatic heterocycles. The van der Waals surface area contributed by atoms with Crippen LogP contribution < -0.4 is 22.9 Å². The fourth-order valence-electron chi connectivity index (χ4n) is 0. The Balaban J connectivity index is -0.0000000510. The van der Waals surface area contributed by atoms with E-state index in [1.807, 2.05) is 0 Å². The van der Waals surface area contributed by atoms with E-state index in [-0.39, 0.29) is 26.4 Å². The van der Waals surface area contributed by atoms with Gasteiger partial charge in [0.2, 0.25) is 0 Å². The Kier molecular flexibility index (Phi) is 58.0. The zero-order valence-electron chi connectivity index (χ0n) is 12.0. The zero-order valence-corrected chi connectivity index (χ0v) is 13.6. The van der Waals surface area contributed by atoms with Crippen LogP contribution in [-0.2, 0) is 18.1 Å². The summed E-state index contributed by atoms with van der Waals surface area (Å²) in [5.74, 6) is 0. The molecule has 13 heteroatoms. The molecule has 0 unspecified atom stereocenters. The Morgan fingerprint density at radius 1 is 0.476 bits per heavy atom. The first-order valence-electron chi connectivity index (χ1n) is 5.79. The number of hydrogen-bond donors (Lipinski definition) is 12. The van der Waals surface area contributed by atoms with Gasteiger partial charge in [-0.15, -0.1) is 0 Å². The Morgan fingerprint density at radius 2 is 0.524 bits per heavy atom. The van der Waals surface area contributed by atoms with Gasteiger partial charge in [0.05, 0.1) is 26.4 Å². The first-order valence-corrected chi connectivity index (χ1v) is 8.59. The quantitative estimate of drug-likeness (QED) is 0.209. The fourth-order valence-corrected chi connectivity index (χ4v) is 0. The molecule has 21 heavy (non-hydrogen) atoms. The average molecular weight is 360 g/mol. The molecule has 0 saturated heterocycles. The molecule has 0 aromatic rings. The maximum absolute atomic E-state index is 7.75. The molecule has 0 atom stereocenters. The first-order chi connectivity index (χ1) is 9.66. The molecule has 16 N–H and O–H groups in total. The summed E-state index contributed by atoms with van der Waals surface area (Å²) in [6, 6.07) is 0. The predicted molar refractivity (Wildman–Crippen MR) is 73.4 cm³/mol. The van der Waals surface area contributed by atoms with E-state index < -0.39 is 18.1 Å². The van der Waals surface area contributed by atoms with Gasteiger partial charge in [-0.3, -0.25) is 0 Å². The van der Waals surface area contributed by atoms with E-state index in [0.717, 1.165) is 0 Å². The monoisotopic (exact) mass is 360 g/mol. The topological polar surface area (TPSA) is 266 Å². The summed E-state index contributed by atoms with van der Waals surface area (Å²) >= 11 is -5.00. The Bertz CT molecular complexity index is 103. The molecular formula is C8H32N4O8Ti. The van der Waals surface area contributed by atoms with E-state index in [2.05, 4.69) is 0 Å². The summed E-state index contributed by atoms with van der Waals surface area (Å²) in [5.41, 5.74) is 19.1. The third kappa shape index (κ3) is 375. The van der Waals surface area contributed by atoms with E-state index in [9.17, 15) is 0 Å². The van der Waals surface area contributed by atoms with Crippen molar-refractivity contribution in [2.75, 3.05) is 52.6 Å². The van der Waals surface area contributed by atoms with Crippen LogP contribution in [0.5, 0.6) is 0 Å². The van der Waals surface area contributed by atoms with Crippen LogP contribution in [0.15, 0.2) is 0 Å². The summed E-state index contributed by atoms with van der Waals surface area (Å²) in [7, 11) is 0. The minimum atomic E-state index is -5.00. The molecular weight excluding hydrogens is 328 g/mol. The summed E-state index contributed by atoms with van der Waals surface area (Å²) in [5, 5.41) is 31.0. The van der Waals surface area contributed by atoms with Crippen molar-refractivity contribution in [1.29, 1.82) is 0 Å². The second kappa shape index (κ2) is 36.9. The van der Waals surface area contributed by atoms with Crippen molar-refractivity contribution >= 4 is 0 Å². The third-order valence-corrected chi connectivity index (χ3v) is 0.516. The second-order valence-electron chi connectivity index (χ2n) is 2.65. The van der Waals surface area contributed by atoms with Gasteiger partial charge in [0.1, 0.15) is 0 Å². The Hall–Kier alpha value is 0.234. The van der Waals surface area contributed by atoms with Crippen molar-refractivity contribution in [1.82, 2.24) is 0 Å². The van der Waals surface area contributed by atoms with Crippen LogP contribution in [0.4, 0.5) is 0 Å². The second-order valence-corrected chi connectivity index (χ2v) is 4.52. The molecule has 12 nitrogen and oxygen atoms in total. The van der Waals surface area contributed by atoms with Gasteiger partial charge in [-0.05, 0) is 0 Å². The van der Waals surface area contributed by atoms with Gasteiger partial charge in [-0.2, -0.15) is 0 Å². The van der Waals surface area contributed by atoms with E-state index in [1.54, 1.807) is 0 Å². The standard InChI is InChI=1S/4C2H7NO.4H2O.Ti/c4*3-1-2-4;;;;;/h4*4H,1-3H2;4*1H2;/q;;;;;;;;+4/p-4. The molecule has 0 amide bonds. The van der Waals surface area contributed by atoms with Crippen LogP contribution >= 0.6 is 0 Å². The average Bonchev–Trinajstić information content (AvgIpc) is 2.45. The normalized spacial score (nSPS) is 8.57. The van der Waals surface area contributed by atoms with Gasteiger partial charge < -0.3 is 43.4 Å². The first kappa shape index (κ1) is 33.0. The Morgan fingerprint density at radius 3 is 0.524 bits per heavy atom. The van der Waals surface area contributed by atoms with Crippen molar-refractivity contribution in [2.24, 2.45) is 22.9 Å². The van der Waals surface area contributed by atoms with Crippen LogP contribution in [-0.4, -0.2) is 87.8 Å². The minimum absolute atomic E-state index is 0.0972. The number of hydrogen-bond acceptors (Lipinski definition) is 12. The molecule has 0 aliphatic rings. The molecule has 0 saturated carbocycles. The molecule has 0 bridgehead atoms. The SMILES string of the molecule is NCCO.NCCO.NCCO.NCCO.[OH][Ti]([OH])([OH])[OH]. The molecule has 0 heterocycles. The van der Waals surface area contributed by atoms with E-state index in [0.29, 0.717) is 26.2 Å². The predicted octanol–water partition coefficient (Wildman–Crippen LogP) is -6.48. The van der Waals surface area contributed by atoms with Crippen LogP contribution in [0, 0.1) is 0 Å². The summed E-state index contributed by atoms with van der Waals surface area (Å²) in [6.45, 7) is 1.89. The van der Waals surface area contributed by atoms with Crippen LogP contribution in [0.1, 0.15) is 0 Å². The molecule has 0 spiro atoms. The van der Waals surface area contributed by atoms with E-state index >= 15 is 0 Å². The molecule has 0 rings (SSSR count). The fraction of sp³-hybridized carbons (Fsp3) is 1.00. The number of nitrogens with two attached hydrogens (primary N) is 4. The van der Waals surface area contributed by atoms with Gasteiger partial charge in [-0.25, -0.2) is 0 Å². The van der Waals surface area contributed by atoms with E-state index in [4.69, 9.17) is 58.1 Å². The molecule has 0 aromatic heterocycles. The zero-order chi connectivity index (χ0) is 18.2. The van der Waals surface area contributed by atoms with Crippen molar-refractivity contribution in [3.63, 3.8) is 0 Å². The number of aliphatic hydroxyl groups is 4. The van der Waals surface area contributed by atoms with Crippen LogP contribution in [0.2, 0.25) is 0 Å². The van der Waals surface area contributed by atoms with Crippen molar-refractivity contribution in [2.45, 2.75) is 0 Å². The Labute approximate surface area is 129 Å². The molecule has 136 valence electrons. The van der Waals surface area contributed by atoms with Crippen molar-refractivity contribution in [3.05, 3.63) is 0 Å². The van der Waals surface area contributed by atoms with Crippen molar-refractivity contribution < 1.29 is 53.3 Å².